The van der Waals surface area contributed by atoms with Crippen molar-refractivity contribution in [3.05, 3.63) is 36.5 Å². The Bertz CT molecular complexity index is 859. The van der Waals surface area contributed by atoms with Gasteiger partial charge in [-0.25, -0.2) is 0 Å². The summed E-state index contributed by atoms with van der Waals surface area (Å²) in [6.07, 6.45) is 1.79. The first-order valence-electron chi connectivity index (χ1n) is 8.85. The van der Waals surface area contributed by atoms with Gasteiger partial charge in [0, 0.05) is 38.9 Å². The third-order valence-electron chi connectivity index (χ3n) is 4.44. The fraction of sp³-hybridized carbons (Fsp3) is 0.389. The molecule has 0 radical (unpaired) electrons. The minimum atomic E-state index is 0.604. The molecule has 0 amide bonds. The number of aryl methyl sites for hydroxylation is 1. The van der Waals surface area contributed by atoms with Crippen LogP contribution in [0.2, 0.25) is 0 Å². The number of hydrogen-bond acceptors (Lipinski definition) is 7. The average molecular weight is 353 g/mol. The van der Waals surface area contributed by atoms with E-state index in [0.29, 0.717) is 5.95 Å². The second kappa shape index (κ2) is 7.67. The summed E-state index contributed by atoms with van der Waals surface area (Å²) in [4.78, 5) is 11.7. The Labute approximate surface area is 152 Å². The Morgan fingerprint density at radius 1 is 1.12 bits per heavy atom. The van der Waals surface area contributed by atoms with Crippen LogP contribution in [0.5, 0.6) is 0 Å². The van der Waals surface area contributed by atoms with Crippen molar-refractivity contribution in [2.24, 2.45) is 7.05 Å². The van der Waals surface area contributed by atoms with Crippen LogP contribution >= 0.6 is 0 Å². The quantitative estimate of drug-likeness (QED) is 0.700. The van der Waals surface area contributed by atoms with Crippen LogP contribution in [0.4, 0.5) is 17.5 Å². The summed E-state index contributed by atoms with van der Waals surface area (Å²) in [5.74, 6) is 1.36. The summed E-state index contributed by atoms with van der Waals surface area (Å²) in [6.45, 7) is 5.30. The highest BCUT2D eigenvalue weighted by atomic mass is 16.5. The Kier molecular flexibility index (Phi) is 4.94. The number of nitrogens with one attached hydrogen (secondary N) is 2. The van der Waals surface area contributed by atoms with Crippen molar-refractivity contribution in [3.63, 3.8) is 0 Å². The lowest BCUT2D eigenvalue weighted by atomic mass is 10.3. The van der Waals surface area contributed by atoms with E-state index in [1.807, 2.05) is 37.4 Å². The van der Waals surface area contributed by atoms with Crippen LogP contribution < -0.4 is 10.6 Å². The lowest BCUT2D eigenvalue weighted by Crippen LogP contribution is -2.39. The number of rotatable bonds is 6. The molecule has 1 aliphatic rings. The van der Waals surface area contributed by atoms with Gasteiger partial charge < -0.3 is 15.4 Å². The second-order valence-electron chi connectivity index (χ2n) is 6.27. The lowest BCUT2D eigenvalue weighted by Gasteiger charge is -2.26. The van der Waals surface area contributed by atoms with E-state index < -0.39 is 0 Å². The molecule has 0 aliphatic carbocycles. The molecule has 0 atom stereocenters. The first kappa shape index (κ1) is 16.7. The molecule has 0 spiro atoms. The van der Waals surface area contributed by atoms with Crippen molar-refractivity contribution in [1.82, 2.24) is 24.6 Å². The number of ether oxygens (including phenoxy) is 1. The SMILES string of the molecule is Cn1ncc2c(Nc3ccccc3)nc(NCCN3CCOCC3)nc21. The van der Waals surface area contributed by atoms with Gasteiger partial charge >= 0.3 is 0 Å². The van der Waals surface area contributed by atoms with Gasteiger partial charge in [-0.3, -0.25) is 9.58 Å². The molecule has 8 nitrogen and oxygen atoms in total. The number of anilines is 3. The second-order valence-corrected chi connectivity index (χ2v) is 6.27. The van der Waals surface area contributed by atoms with Crippen molar-refractivity contribution < 1.29 is 4.74 Å². The zero-order valence-corrected chi connectivity index (χ0v) is 14.9. The zero-order chi connectivity index (χ0) is 17.8. The first-order chi connectivity index (χ1) is 12.8. The standard InChI is InChI=1S/C18H23N7O/c1-24-17-15(13-20-24)16(21-14-5-3-2-4-6-14)22-18(23-17)19-7-8-25-9-11-26-12-10-25/h2-6,13H,7-12H2,1H3,(H2,19,21,22,23). The van der Waals surface area contributed by atoms with Gasteiger partial charge in [0.15, 0.2) is 5.65 Å². The third kappa shape index (κ3) is 3.76. The Morgan fingerprint density at radius 2 is 1.92 bits per heavy atom. The minimum Gasteiger partial charge on any atom is -0.379 e. The van der Waals surface area contributed by atoms with Gasteiger partial charge in [0.1, 0.15) is 5.82 Å². The number of nitrogens with zero attached hydrogens (tertiary/aromatic N) is 5. The maximum Gasteiger partial charge on any atom is 0.226 e. The molecule has 0 unspecified atom stereocenters. The van der Waals surface area contributed by atoms with Crippen molar-refractivity contribution in [3.8, 4) is 0 Å². The van der Waals surface area contributed by atoms with E-state index in [1.54, 1.807) is 10.9 Å². The van der Waals surface area contributed by atoms with Gasteiger partial charge in [-0.15, -0.1) is 0 Å². The Morgan fingerprint density at radius 3 is 2.73 bits per heavy atom. The summed E-state index contributed by atoms with van der Waals surface area (Å²) in [5.41, 5.74) is 1.78. The van der Waals surface area contributed by atoms with E-state index >= 15 is 0 Å². The maximum atomic E-state index is 5.38. The van der Waals surface area contributed by atoms with E-state index in [4.69, 9.17) is 4.74 Å². The maximum absolute atomic E-state index is 5.38. The van der Waals surface area contributed by atoms with Crippen LogP contribution in [0.25, 0.3) is 11.0 Å². The smallest absolute Gasteiger partial charge is 0.226 e. The summed E-state index contributed by atoms with van der Waals surface area (Å²) in [7, 11) is 1.89. The monoisotopic (exact) mass is 353 g/mol. The number of fused-ring (bicyclic) bond motifs is 1. The average Bonchev–Trinajstić information content (AvgIpc) is 3.05. The molecule has 2 aromatic heterocycles. The molecule has 136 valence electrons. The van der Waals surface area contributed by atoms with Gasteiger partial charge in [0.05, 0.1) is 24.8 Å². The van der Waals surface area contributed by atoms with E-state index in [2.05, 4.69) is 30.6 Å². The molecule has 1 saturated heterocycles. The zero-order valence-electron chi connectivity index (χ0n) is 14.9. The van der Waals surface area contributed by atoms with E-state index in [9.17, 15) is 0 Å². The fourth-order valence-electron chi connectivity index (χ4n) is 3.01. The first-order valence-corrected chi connectivity index (χ1v) is 8.85. The number of benzene rings is 1. The number of para-hydroxylation sites is 1. The fourth-order valence-corrected chi connectivity index (χ4v) is 3.01. The molecular weight excluding hydrogens is 330 g/mol. The highest BCUT2D eigenvalue weighted by Crippen LogP contribution is 2.24. The van der Waals surface area contributed by atoms with Gasteiger partial charge in [-0.1, -0.05) is 18.2 Å². The van der Waals surface area contributed by atoms with Crippen molar-refractivity contribution in [2.45, 2.75) is 0 Å². The minimum absolute atomic E-state index is 0.604. The molecule has 4 rings (SSSR count). The van der Waals surface area contributed by atoms with Gasteiger partial charge in [-0.2, -0.15) is 15.1 Å². The number of morpholine rings is 1. The summed E-state index contributed by atoms with van der Waals surface area (Å²) in [6, 6.07) is 9.99. The van der Waals surface area contributed by atoms with Gasteiger partial charge in [0.25, 0.3) is 0 Å². The summed E-state index contributed by atoms with van der Waals surface area (Å²) < 4.78 is 7.15. The molecule has 3 heterocycles. The number of hydrogen-bond donors (Lipinski definition) is 2. The topological polar surface area (TPSA) is 80.1 Å². The predicted molar refractivity (Wildman–Crippen MR) is 102 cm³/mol. The van der Waals surface area contributed by atoms with Crippen molar-refractivity contribution in [2.75, 3.05) is 50.0 Å². The largest absolute Gasteiger partial charge is 0.379 e. The normalized spacial score (nSPS) is 15.3. The van der Waals surface area contributed by atoms with Gasteiger partial charge in [-0.05, 0) is 12.1 Å². The van der Waals surface area contributed by atoms with Crippen LogP contribution in [0.15, 0.2) is 36.5 Å². The van der Waals surface area contributed by atoms with Crippen molar-refractivity contribution in [1.29, 1.82) is 0 Å². The van der Waals surface area contributed by atoms with Crippen LogP contribution in [-0.4, -0.2) is 64.0 Å². The molecule has 8 heteroatoms. The highest BCUT2D eigenvalue weighted by molar-refractivity contribution is 5.89. The van der Waals surface area contributed by atoms with Crippen LogP contribution in [-0.2, 0) is 11.8 Å². The van der Waals surface area contributed by atoms with E-state index in [1.165, 1.54) is 0 Å². The molecule has 1 fully saturated rings. The number of aromatic nitrogens is 4. The van der Waals surface area contributed by atoms with Crippen LogP contribution in [0.3, 0.4) is 0 Å². The molecular formula is C18H23N7O. The highest BCUT2D eigenvalue weighted by Gasteiger charge is 2.13. The van der Waals surface area contributed by atoms with E-state index in [-0.39, 0.29) is 0 Å². The predicted octanol–water partition coefficient (Wildman–Crippen LogP) is 1.85. The Hall–Kier alpha value is -2.71. The molecule has 0 saturated carbocycles. The lowest BCUT2D eigenvalue weighted by molar-refractivity contribution is 0.0398. The molecule has 0 bridgehead atoms. The van der Waals surface area contributed by atoms with Gasteiger partial charge in [0.2, 0.25) is 5.95 Å². The molecule has 1 aromatic carbocycles. The Balaban J connectivity index is 1.52. The third-order valence-corrected chi connectivity index (χ3v) is 4.44. The molecule has 3 aromatic rings. The molecule has 2 N–H and O–H groups in total. The molecule has 1 aliphatic heterocycles. The van der Waals surface area contributed by atoms with E-state index in [0.717, 1.165) is 61.9 Å². The van der Waals surface area contributed by atoms with Crippen LogP contribution in [0.1, 0.15) is 0 Å². The summed E-state index contributed by atoms with van der Waals surface area (Å²) in [5, 5.41) is 11.9. The molecule has 26 heavy (non-hydrogen) atoms. The summed E-state index contributed by atoms with van der Waals surface area (Å²) >= 11 is 0. The van der Waals surface area contributed by atoms with Crippen LogP contribution in [0, 0.1) is 0 Å². The van der Waals surface area contributed by atoms with Crippen molar-refractivity contribution >= 4 is 28.5 Å².